The minimum absolute atomic E-state index is 0.336. The molecule has 2 rings (SSSR count). The van der Waals surface area contributed by atoms with Gasteiger partial charge < -0.3 is 15.2 Å². The summed E-state index contributed by atoms with van der Waals surface area (Å²) in [7, 11) is 3.20. The van der Waals surface area contributed by atoms with Gasteiger partial charge in [0.25, 0.3) is 0 Å². The molecule has 6 nitrogen and oxygen atoms in total. The maximum Gasteiger partial charge on any atom is 0.221 e. The molecule has 0 saturated carbocycles. The predicted octanol–water partition coefficient (Wildman–Crippen LogP) is 1.67. The highest BCUT2D eigenvalue weighted by molar-refractivity contribution is 5.87. The Morgan fingerprint density at radius 3 is 2.37 bits per heavy atom. The van der Waals surface area contributed by atoms with Crippen LogP contribution in [0.1, 0.15) is 11.3 Å². The van der Waals surface area contributed by atoms with Gasteiger partial charge in [0, 0.05) is 0 Å². The fraction of sp³-hybridized carbons (Fsp3) is 0.231. The third kappa shape index (κ3) is 2.67. The number of nitrogen functional groups attached to an aromatic ring is 1. The van der Waals surface area contributed by atoms with Crippen LogP contribution in [0, 0.1) is 6.92 Å². The molecule has 0 saturated heterocycles. The number of anilines is 1. The number of aryl methyl sites for hydroxylation is 1. The van der Waals surface area contributed by atoms with E-state index in [0.717, 1.165) is 11.3 Å². The van der Waals surface area contributed by atoms with Crippen LogP contribution < -0.4 is 15.2 Å². The highest BCUT2D eigenvalue weighted by Gasteiger charge is 2.07. The third-order valence-electron chi connectivity index (χ3n) is 2.61. The molecule has 2 aromatic rings. The monoisotopic (exact) mass is 260 g/mol. The van der Waals surface area contributed by atoms with Crippen LogP contribution in [0.3, 0.4) is 0 Å². The number of nitrogens with two attached hydrogens (primary N) is 1. The van der Waals surface area contributed by atoms with Crippen molar-refractivity contribution in [3.05, 3.63) is 35.7 Å². The Labute approximate surface area is 111 Å². The van der Waals surface area contributed by atoms with Gasteiger partial charge in [-0.15, -0.1) is 0 Å². The molecule has 1 heterocycles. The number of ether oxygens (including phenoxy) is 2. The quantitative estimate of drug-likeness (QED) is 0.848. The van der Waals surface area contributed by atoms with Crippen molar-refractivity contribution in [1.29, 1.82) is 0 Å². The lowest BCUT2D eigenvalue weighted by Gasteiger charge is -2.08. The second-order valence-corrected chi connectivity index (χ2v) is 3.91. The summed E-state index contributed by atoms with van der Waals surface area (Å²) in [4.78, 5) is 4.07. The highest BCUT2D eigenvalue weighted by atomic mass is 16.5. The van der Waals surface area contributed by atoms with E-state index in [2.05, 4.69) is 10.1 Å². The van der Waals surface area contributed by atoms with Crippen LogP contribution in [-0.4, -0.2) is 30.1 Å². The Bertz CT molecular complexity index is 582. The van der Waals surface area contributed by atoms with E-state index in [9.17, 15) is 0 Å². The summed E-state index contributed by atoms with van der Waals surface area (Å²) in [6.07, 6.45) is 3.38. The van der Waals surface area contributed by atoms with Gasteiger partial charge >= 0.3 is 0 Å². The minimum atomic E-state index is 0.336. The molecule has 1 aromatic heterocycles. The van der Waals surface area contributed by atoms with E-state index in [-0.39, 0.29) is 0 Å². The number of hydrogen-bond acceptors (Lipinski definition) is 5. The van der Waals surface area contributed by atoms with Crippen LogP contribution in [0.4, 0.5) is 5.95 Å². The molecule has 19 heavy (non-hydrogen) atoms. The fourth-order valence-electron chi connectivity index (χ4n) is 1.72. The second-order valence-electron chi connectivity index (χ2n) is 3.91. The zero-order valence-electron chi connectivity index (χ0n) is 11.1. The molecule has 0 aliphatic carbocycles. The summed E-state index contributed by atoms with van der Waals surface area (Å²) < 4.78 is 12.1. The first-order valence-electron chi connectivity index (χ1n) is 5.72. The van der Waals surface area contributed by atoms with Crippen molar-refractivity contribution in [1.82, 2.24) is 9.66 Å². The van der Waals surface area contributed by atoms with Crippen molar-refractivity contribution in [2.75, 3.05) is 20.0 Å². The number of rotatable bonds is 4. The summed E-state index contributed by atoms with van der Waals surface area (Å²) in [5.74, 6) is 1.69. The maximum atomic E-state index is 5.72. The molecule has 0 atom stereocenters. The molecule has 2 N–H and O–H groups in total. The largest absolute Gasteiger partial charge is 0.496 e. The van der Waals surface area contributed by atoms with Gasteiger partial charge in [0.05, 0.1) is 37.9 Å². The molecule has 100 valence electrons. The molecule has 0 radical (unpaired) electrons. The van der Waals surface area contributed by atoms with Gasteiger partial charge in [-0.1, -0.05) is 6.07 Å². The lowest BCUT2D eigenvalue weighted by Crippen LogP contribution is -1.99. The molecular formula is C13H16N4O2. The Hall–Kier alpha value is -2.50. The van der Waals surface area contributed by atoms with E-state index in [4.69, 9.17) is 15.2 Å². The van der Waals surface area contributed by atoms with Gasteiger partial charge in [-0.25, -0.2) is 9.66 Å². The average molecular weight is 260 g/mol. The van der Waals surface area contributed by atoms with Gasteiger partial charge in [0.1, 0.15) is 11.5 Å². The predicted molar refractivity (Wildman–Crippen MR) is 73.9 cm³/mol. The Balaban J connectivity index is 2.40. The third-order valence-corrected chi connectivity index (χ3v) is 2.61. The number of benzene rings is 1. The van der Waals surface area contributed by atoms with Gasteiger partial charge in [0.15, 0.2) is 0 Å². The smallest absolute Gasteiger partial charge is 0.221 e. The van der Waals surface area contributed by atoms with Crippen molar-refractivity contribution in [2.45, 2.75) is 6.92 Å². The molecule has 0 unspecified atom stereocenters. The highest BCUT2D eigenvalue weighted by Crippen LogP contribution is 2.26. The second kappa shape index (κ2) is 5.43. The van der Waals surface area contributed by atoms with Gasteiger partial charge in [0.2, 0.25) is 5.95 Å². The number of hydrogen-bond donors (Lipinski definition) is 1. The number of methoxy groups -OCH3 is 2. The standard InChI is InChI=1S/C13H16N4O2/c1-9-8-17(13(14)16-9)15-7-10-11(18-2)5-4-6-12(10)19-3/h4-8H,1-3H3,(H2,14,16). The first kappa shape index (κ1) is 12.9. The van der Waals surface area contributed by atoms with Crippen LogP contribution in [0.2, 0.25) is 0 Å². The van der Waals surface area contributed by atoms with Gasteiger partial charge in [-0.3, -0.25) is 0 Å². The zero-order valence-corrected chi connectivity index (χ0v) is 11.1. The molecule has 0 fully saturated rings. The Morgan fingerprint density at radius 1 is 1.26 bits per heavy atom. The van der Waals surface area contributed by atoms with Crippen molar-refractivity contribution in [3.63, 3.8) is 0 Å². The Kier molecular flexibility index (Phi) is 3.70. The van der Waals surface area contributed by atoms with Crippen LogP contribution in [0.25, 0.3) is 0 Å². The van der Waals surface area contributed by atoms with E-state index in [1.807, 2.05) is 25.1 Å². The average Bonchev–Trinajstić information content (AvgIpc) is 2.74. The van der Waals surface area contributed by atoms with Crippen LogP contribution in [0.5, 0.6) is 11.5 Å². The van der Waals surface area contributed by atoms with Crippen LogP contribution >= 0.6 is 0 Å². The van der Waals surface area contributed by atoms with E-state index in [1.165, 1.54) is 4.68 Å². The summed E-state index contributed by atoms with van der Waals surface area (Å²) >= 11 is 0. The number of aromatic nitrogens is 2. The van der Waals surface area contributed by atoms with E-state index in [1.54, 1.807) is 26.6 Å². The zero-order chi connectivity index (χ0) is 13.8. The fourth-order valence-corrected chi connectivity index (χ4v) is 1.72. The molecular weight excluding hydrogens is 244 g/mol. The van der Waals surface area contributed by atoms with Crippen molar-refractivity contribution >= 4 is 12.2 Å². The summed E-state index contributed by atoms with van der Waals surface area (Å²) in [6.45, 7) is 1.85. The van der Waals surface area contributed by atoms with Gasteiger partial charge in [-0.05, 0) is 19.1 Å². The van der Waals surface area contributed by atoms with Crippen molar-refractivity contribution < 1.29 is 9.47 Å². The molecule has 0 amide bonds. The summed E-state index contributed by atoms with van der Waals surface area (Å²) in [6, 6.07) is 5.53. The maximum absolute atomic E-state index is 5.72. The molecule has 0 spiro atoms. The van der Waals surface area contributed by atoms with E-state index in [0.29, 0.717) is 17.4 Å². The molecule has 6 heteroatoms. The molecule has 1 aromatic carbocycles. The first-order chi connectivity index (χ1) is 9.15. The molecule has 0 aliphatic rings. The first-order valence-corrected chi connectivity index (χ1v) is 5.72. The summed E-state index contributed by atoms with van der Waals surface area (Å²) in [5.41, 5.74) is 7.28. The van der Waals surface area contributed by atoms with Crippen molar-refractivity contribution in [2.24, 2.45) is 5.10 Å². The lowest BCUT2D eigenvalue weighted by atomic mass is 10.2. The minimum Gasteiger partial charge on any atom is -0.496 e. The lowest BCUT2D eigenvalue weighted by molar-refractivity contribution is 0.393. The van der Waals surface area contributed by atoms with Gasteiger partial charge in [-0.2, -0.15) is 5.10 Å². The number of imidazole rings is 1. The molecule has 0 bridgehead atoms. The van der Waals surface area contributed by atoms with Crippen LogP contribution in [0.15, 0.2) is 29.5 Å². The summed E-state index contributed by atoms with van der Waals surface area (Å²) in [5, 5.41) is 4.26. The van der Waals surface area contributed by atoms with Crippen molar-refractivity contribution in [3.8, 4) is 11.5 Å². The normalized spacial score (nSPS) is 10.9. The SMILES string of the molecule is COc1cccc(OC)c1C=Nn1cc(C)nc1N. The Morgan fingerprint density at radius 2 is 1.89 bits per heavy atom. The molecule has 0 aliphatic heterocycles. The van der Waals surface area contributed by atoms with E-state index < -0.39 is 0 Å². The van der Waals surface area contributed by atoms with E-state index >= 15 is 0 Å². The topological polar surface area (TPSA) is 74.7 Å². The number of nitrogens with zero attached hydrogens (tertiary/aromatic N) is 3. The van der Waals surface area contributed by atoms with Crippen LogP contribution in [-0.2, 0) is 0 Å².